The third-order valence-electron chi connectivity index (χ3n) is 5.75. The van der Waals surface area contributed by atoms with E-state index in [0.29, 0.717) is 5.92 Å². The van der Waals surface area contributed by atoms with Crippen LogP contribution in [0.2, 0.25) is 0 Å². The van der Waals surface area contributed by atoms with Crippen molar-refractivity contribution in [2.75, 3.05) is 0 Å². The molecule has 4 aromatic carbocycles. The first-order chi connectivity index (χ1) is 16.5. The van der Waals surface area contributed by atoms with Gasteiger partial charge in [0.25, 0.3) is 0 Å². The number of ether oxygens (including phenoxy) is 2. The minimum atomic E-state index is -0.614. The number of para-hydroxylation sites is 2. The van der Waals surface area contributed by atoms with Gasteiger partial charge in [-0.2, -0.15) is 0 Å². The molecule has 0 spiro atoms. The molecule has 176 valence electrons. The van der Waals surface area contributed by atoms with Crippen LogP contribution >= 0.6 is 0 Å². The molecule has 4 rings (SSSR count). The van der Waals surface area contributed by atoms with Crippen molar-refractivity contribution in [1.29, 1.82) is 0 Å². The zero-order chi connectivity index (χ0) is 24.2. The highest BCUT2D eigenvalue weighted by Gasteiger charge is 2.17. The number of aliphatic hydroxyl groups excluding tert-OH is 1. The molecular formula is C31H34O3. The lowest BCUT2D eigenvalue weighted by Gasteiger charge is -2.21. The lowest BCUT2D eigenvalue weighted by molar-refractivity contribution is 0.0467. The Hall–Kier alpha value is -3.56. The van der Waals surface area contributed by atoms with Gasteiger partial charge in [-0.1, -0.05) is 104 Å². The van der Waals surface area contributed by atoms with Gasteiger partial charge < -0.3 is 14.6 Å². The van der Waals surface area contributed by atoms with Crippen molar-refractivity contribution in [2.45, 2.75) is 45.0 Å². The van der Waals surface area contributed by atoms with Crippen LogP contribution < -0.4 is 9.47 Å². The Morgan fingerprint density at radius 3 is 1.26 bits per heavy atom. The summed E-state index contributed by atoms with van der Waals surface area (Å²) >= 11 is 0. The zero-order valence-electron chi connectivity index (χ0n) is 20.1. The van der Waals surface area contributed by atoms with Crippen LogP contribution in [0.1, 0.15) is 43.9 Å². The largest absolute Gasteiger partial charge is 0.490 e. The van der Waals surface area contributed by atoms with E-state index >= 15 is 0 Å². The van der Waals surface area contributed by atoms with Crippen molar-refractivity contribution >= 4 is 0 Å². The molecule has 4 atom stereocenters. The fourth-order valence-electron chi connectivity index (χ4n) is 3.54. The van der Waals surface area contributed by atoms with Gasteiger partial charge >= 0.3 is 0 Å². The smallest absolute Gasteiger partial charge is 0.126 e. The summed E-state index contributed by atoms with van der Waals surface area (Å²) in [4.78, 5) is 0. The highest BCUT2D eigenvalue weighted by molar-refractivity contribution is 5.24. The lowest BCUT2D eigenvalue weighted by atomic mass is 9.96. The summed E-state index contributed by atoms with van der Waals surface area (Å²) in [5.41, 5.74) is 2.19. The minimum absolute atomic E-state index is 0.166. The fourth-order valence-corrected chi connectivity index (χ4v) is 3.54. The fraction of sp³-hybridized carbons (Fsp3) is 0.226. The van der Waals surface area contributed by atoms with E-state index in [1.807, 2.05) is 104 Å². The van der Waals surface area contributed by atoms with Gasteiger partial charge in [-0.25, -0.2) is 0 Å². The van der Waals surface area contributed by atoms with Crippen LogP contribution in [-0.2, 0) is 0 Å². The number of hydrogen-bond donors (Lipinski definition) is 1. The van der Waals surface area contributed by atoms with Crippen LogP contribution in [0.15, 0.2) is 121 Å². The average Bonchev–Trinajstić information content (AvgIpc) is 2.90. The summed E-state index contributed by atoms with van der Waals surface area (Å²) in [6, 6.07) is 39.5. The average molecular weight is 455 g/mol. The molecule has 0 heterocycles. The molecule has 4 aromatic rings. The summed E-state index contributed by atoms with van der Waals surface area (Å²) in [6.45, 7) is 6.18. The maximum atomic E-state index is 10.1. The predicted octanol–water partition coefficient (Wildman–Crippen LogP) is 7.45. The SMILES string of the molecule is C[C@H](Oc1ccccc1)[C@H](C)c1ccccc1.C[C@H](Oc1ccccc1)[C@H](O)c1ccccc1. The van der Waals surface area contributed by atoms with E-state index in [9.17, 15) is 5.11 Å². The van der Waals surface area contributed by atoms with E-state index in [2.05, 4.69) is 38.1 Å². The predicted molar refractivity (Wildman–Crippen MR) is 139 cm³/mol. The second-order valence-corrected chi connectivity index (χ2v) is 8.33. The third kappa shape index (κ3) is 7.79. The summed E-state index contributed by atoms with van der Waals surface area (Å²) in [5.74, 6) is 2.09. The third-order valence-corrected chi connectivity index (χ3v) is 5.75. The van der Waals surface area contributed by atoms with Gasteiger partial charge in [-0.15, -0.1) is 0 Å². The van der Waals surface area contributed by atoms with Gasteiger partial charge in [0, 0.05) is 5.92 Å². The molecule has 0 bridgehead atoms. The van der Waals surface area contributed by atoms with Gasteiger partial charge in [-0.05, 0) is 49.2 Å². The Morgan fingerprint density at radius 2 is 0.824 bits per heavy atom. The summed E-state index contributed by atoms with van der Waals surface area (Å²) in [7, 11) is 0. The van der Waals surface area contributed by atoms with Gasteiger partial charge in [-0.3, -0.25) is 0 Å². The van der Waals surface area contributed by atoms with Crippen LogP contribution in [0.4, 0.5) is 0 Å². The molecule has 1 N–H and O–H groups in total. The molecule has 0 unspecified atom stereocenters. The van der Waals surface area contributed by atoms with Crippen molar-refractivity contribution in [1.82, 2.24) is 0 Å². The van der Waals surface area contributed by atoms with E-state index in [1.165, 1.54) is 5.56 Å². The Morgan fingerprint density at radius 1 is 0.471 bits per heavy atom. The number of aliphatic hydroxyl groups is 1. The Bertz CT molecular complexity index is 964. The molecule has 0 radical (unpaired) electrons. The molecule has 3 heteroatoms. The number of rotatable bonds is 8. The molecule has 0 aliphatic carbocycles. The van der Waals surface area contributed by atoms with E-state index in [0.717, 1.165) is 17.1 Å². The first-order valence-electron chi connectivity index (χ1n) is 11.8. The van der Waals surface area contributed by atoms with Crippen LogP contribution in [0.5, 0.6) is 11.5 Å². The maximum Gasteiger partial charge on any atom is 0.126 e. The van der Waals surface area contributed by atoms with Crippen molar-refractivity contribution in [3.63, 3.8) is 0 Å². The second kappa shape index (κ2) is 13.2. The number of hydrogen-bond acceptors (Lipinski definition) is 3. The monoisotopic (exact) mass is 454 g/mol. The molecular weight excluding hydrogens is 420 g/mol. The highest BCUT2D eigenvalue weighted by Crippen LogP contribution is 2.23. The molecule has 3 nitrogen and oxygen atoms in total. The molecule has 0 saturated heterocycles. The highest BCUT2D eigenvalue weighted by atomic mass is 16.5. The Balaban J connectivity index is 0.000000191. The van der Waals surface area contributed by atoms with Gasteiger partial charge in [0.2, 0.25) is 0 Å². The first-order valence-corrected chi connectivity index (χ1v) is 11.8. The summed E-state index contributed by atoms with van der Waals surface area (Å²) in [6.07, 6.45) is -0.726. The van der Waals surface area contributed by atoms with Crippen molar-refractivity contribution in [3.8, 4) is 11.5 Å². The Kier molecular flexibility index (Phi) is 9.75. The standard InChI is InChI=1S/C16H18O.C15H16O2/c1-13(15-9-5-3-6-10-15)14(2)17-16-11-7-4-8-12-16;1-12(17-14-10-6-3-7-11-14)15(16)13-8-4-2-5-9-13/h3-14H,1-2H3;2-12,15-16H,1H3/t13-,14-;12-,15-/m00/s1. The molecule has 0 aromatic heterocycles. The van der Waals surface area contributed by atoms with Crippen molar-refractivity contribution in [2.24, 2.45) is 0 Å². The van der Waals surface area contributed by atoms with E-state index in [4.69, 9.17) is 9.47 Å². The number of benzene rings is 4. The van der Waals surface area contributed by atoms with Crippen LogP contribution in [0.3, 0.4) is 0 Å². The van der Waals surface area contributed by atoms with Gasteiger partial charge in [0.05, 0.1) is 0 Å². The summed E-state index contributed by atoms with van der Waals surface area (Å²) in [5, 5.41) is 10.1. The lowest BCUT2D eigenvalue weighted by Crippen LogP contribution is -2.21. The molecule has 0 fully saturated rings. The second-order valence-electron chi connectivity index (χ2n) is 8.33. The molecule has 0 aliphatic rings. The molecule has 0 aliphatic heterocycles. The van der Waals surface area contributed by atoms with Crippen molar-refractivity contribution < 1.29 is 14.6 Å². The molecule has 0 saturated carbocycles. The maximum absolute atomic E-state index is 10.1. The van der Waals surface area contributed by atoms with E-state index in [-0.39, 0.29) is 12.2 Å². The van der Waals surface area contributed by atoms with Gasteiger partial charge in [0.1, 0.15) is 29.8 Å². The quantitative estimate of drug-likeness (QED) is 0.301. The van der Waals surface area contributed by atoms with Crippen LogP contribution in [0.25, 0.3) is 0 Å². The van der Waals surface area contributed by atoms with Crippen LogP contribution in [-0.4, -0.2) is 17.3 Å². The van der Waals surface area contributed by atoms with E-state index in [1.54, 1.807) is 0 Å². The topological polar surface area (TPSA) is 38.7 Å². The minimum Gasteiger partial charge on any atom is -0.490 e. The summed E-state index contributed by atoms with van der Waals surface area (Å²) < 4.78 is 11.6. The van der Waals surface area contributed by atoms with E-state index < -0.39 is 6.10 Å². The zero-order valence-corrected chi connectivity index (χ0v) is 20.1. The molecule has 34 heavy (non-hydrogen) atoms. The first kappa shape index (κ1) is 25.1. The molecule has 0 amide bonds. The van der Waals surface area contributed by atoms with Crippen LogP contribution in [0, 0.1) is 0 Å². The van der Waals surface area contributed by atoms with Gasteiger partial charge in [0.15, 0.2) is 0 Å². The Labute approximate surface area is 203 Å². The van der Waals surface area contributed by atoms with Crippen molar-refractivity contribution in [3.05, 3.63) is 132 Å². The normalized spacial score (nSPS) is 14.0.